The quantitative estimate of drug-likeness (QED) is 0.681. The van der Waals surface area contributed by atoms with E-state index in [1.54, 1.807) is 0 Å². The van der Waals surface area contributed by atoms with Crippen molar-refractivity contribution in [1.82, 2.24) is 10.6 Å². The van der Waals surface area contributed by atoms with Gasteiger partial charge < -0.3 is 15.4 Å². The fraction of sp³-hybridized carbons (Fsp3) is 0.391. The van der Waals surface area contributed by atoms with Crippen LogP contribution in [0.3, 0.4) is 0 Å². The van der Waals surface area contributed by atoms with Crippen molar-refractivity contribution in [3.8, 4) is 0 Å². The number of alkyl carbamates (subject to hydrolysis) is 1. The molecule has 0 aliphatic rings. The monoisotopic (exact) mass is 382 g/mol. The van der Waals surface area contributed by atoms with E-state index in [0.29, 0.717) is 12.5 Å². The van der Waals surface area contributed by atoms with Crippen molar-refractivity contribution in [3.05, 3.63) is 71.8 Å². The lowest BCUT2D eigenvalue weighted by Gasteiger charge is -2.22. The number of ether oxygens (including phenoxy) is 1. The second-order valence-corrected chi connectivity index (χ2v) is 7.32. The fourth-order valence-electron chi connectivity index (χ4n) is 2.90. The van der Waals surface area contributed by atoms with E-state index in [9.17, 15) is 9.59 Å². The predicted octanol–water partition coefficient (Wildman–Crippen LogP) is 4.25. The molecule has 2 atom stereocenters. The Hall–Kier alpha value is -2.82. The van der Waals surface area contributed by atoms with Crippen LogP contribution in [0.1, 0.15) is 44.2 Å². The summed E-state index contributed by atoms with van der Waals surface area (Å²) in [6.45, 7) is 6.66. The van der Waals surface area contributed by atoms with Crippen LogP contribution in [-0.4, -0.2) is 24.6 Å². The van der Waals surface area contributed by atoms with Crippen molar-refractivity contribution in [3.63, 3.8) is 0 Å². The first-order chi connectivity index (χ1) is 13.5. The zero-order chi connectivity index (χ0) is 20.4. The zero-order valence-electron chi connectivity index (χ0n) is 16.9. The van der Waals surface area contributed by atoms with Crippen molar-refractivity contribution in [2.45, 2.75) is 45.8 Å². The van der Waals surface area contributed by atoms with Crippen LogP contribution in [0.15, 0.2) is 60.7 Å². The minimum Gasteiger partial charge on any atom is -0.445 e. The summed E-state index contributed by atoms with van der Waals surface area (Å²) in [7, 11) is 0. The van der Waals surface area contributed by atoms with Gasteiger partial charge in [0, 0.05) is 6.54 Å². The third-order valence-electron chi connectivity index (χ3n) is 4.68. The molecule has 0 spiro atoms. The van der Waals surface area contributed by atoms with E-state index in [-0.39, 0.29) is 18.4 Å². The van der Waals surface area contributed by atoms with Crippen LogP contribution in [0, 0.1) is 5.92 Å². The van der Waals surface area contributed by atoms with E-state index in [1.165, 1.54) is 5.56 Å². The molecule has 0 radical (unpaired) electrons. The molecule has 2 N–H and O–H groups in total. The van der Waals surface area contributed by atoms with Gasteiger partial charge in [0.15, 0.2) is 0 Å². The predicted molar refractivity (Wildman–Crippen MR) is 111 cm³/mol. The van der Waals surface area contributed by atoms with Gasteiger partial charge in [-0.2, -0.15) is 0 Å². The first-order valence-corrected chi connectivity index (χ1v) is 9.77. The Kier molecular flexibility index (Phi) is 8.53. The number of hydrogen-bond donors (Lipinski definition) is 2. The topological polar surface area (TPSA) is 67.4 Å². The van der Waals surface area contributed by atoms with E-state index in [0.717, 1.165) is 12.0 Å². The number of benzene rings is 2. The highest BCUT2D eigenvalue weighted by molar-refractivity contribution is 5.85. The van der Waals surface area contributed by atoms with Crippen molar-refractivity contribution < 1.29 is 14.3 Å². The largest absolute Gasteiger partial charge is 0.445 e. The molecular weight excluding hydrogens is 352 g/mol. The molecule has 0 aliphatic carbocycles. The van der Waals surface area contributed by atoms with Gasteiger partial charge in [0.2, 0.25) is 5.91 Å². The highest BCUT2D eigenvalue weighted by Crippen LogP contribution is 2.17. The molecule has 0 saturated heterocycles. The molecule has 2 rings (SSSR count). The number of amides is 2. The van der Waals surface area contributed by atoms with E-state index < -0.39 is 12.1 Å². The average molecular weight is 383 g/mol. The second-order valence-electron chi connectivity index (χ2n) is 7.32. The summed E-state index contributed by atoms with van der Waals surface area (Å²) < 4.78 is 5.23. The Morgan fingerprint density at radius 3 is 2.14 bits per heavy atom. The van der Waals surface area contributed by atoms with Crippen molar-refractivity contribution in [2.75, 3.05) is 6.54 Å². The van der Waals surface area contributed by atoms with Gasteiger partial charge >= 0.3 is 6.09 Å². The van der Waals surface area contributed by atoms with E-state index >= 15 is 0 Å². The zero-order valence-corrected chi connectivity index (χ0v) is 16.9. The molecule has 0 saturated carbocycles. The summed E-state index contributed by atoms with van der Waals surface area (Å²) in [4.78, 5) is 24.6. The fourth-order valence-corrected chi connectivity index (χ4v) is 2.90. The Balaban J connectivity index is 1.78. The van der Waals surface area contributed by atoms with Crippen molar-refractivity contribution in [2.24, 2.45) is 5.92 Å². The van der Waals surface area contributed by atoms with E-state index in [2.05, 4.69) is 29.7 Å². The summed E-state index contributed by atoms with van der Waals surface area (Å²) in [5.74, 6) is 0.116. The van der Waals surface area contributed by atoms with Crippen LogP contribution in [0.25, 0.3) is 0 Å². The van der Waals surface area contributed by atoms with Crippen LogP contribution >= 0.6 is 0 Å². The van der Waals surface area contributed by atoms with Crippen LogP contribution in [-0.2, 0) is 16.1 Å². The van der Waals surface area contributed by atoms with Gasteiger partial charge in [-0.15, -0.1) is 0 Å². The third-order valence-corrected chi connectivity index (χ3v) is 4.68. The van der Waals surface area contributed by atoms with Crippen LogP contribution in [0.5, 0.6) is 0 Å². The molecule has 5 nitrogen and oxygen atoms in total. The maximum atomic E-state index is 12.5. The Labute approximate surface area is 167 Å². The van der Waals surface area contributed by atoms with Crippen molar-refractivity contribution in [1.29, 1.82) is 0 Å². The highest BCUT2D eigenvalue weighted by atomic mass is 16.5. The molecule has 150 valence electrons. The molecule has 2 aromatic rings. The lowest BCUT2D eigenvalue weighted by Crippen LogP contribution is -2.50. The molecule has 2 amide bonds. The number of nitrogens with one attached hydrogen (secondary N) is 2. The lowest BCUT2D eigenvalue weighted by atomic mass is 9.98. The lowest BCUT2D eigenvalue weighted by molar-refractivity contribution is -0.124. The second kappa shape index (κ2) is 11.1. The number of hydrogen-bond acceptors (Lipinski definition) is 3. The summed E-state index contributed by atoms with van der Waals surface area (Å²) >= 11 is 0. The smallest absolute Gasteiger partial charge is 0.408 e. The molecule has 0 fully saturated rings. The van der Waals surface area contributed by atoms with Crippen LogP contribution in [0.2, 0.25) is 0 Å². The molecule has 0 aliphatic heterocycles. The maximum Gasteiger partial charge on any atom is 0.408 e. The Bertz CT molecular complexity index is 732. The number of carbonyl (C=O) groups is 2. The van der Waals surface area contributed by atoms with E-state index in [4.69, 9.17) is 4.74 Å². The molecular formula is C23H30N2O3. The van der Waals surface area contributed by atoms with Crippen molar-refractivity contribution >= 4 is 12.0 Å². The summed E-state index contributed by atoms with van der Waals surface area (Å²) in [6, 6.07) is 19.0. The minimum atomic E-state index is -0.629. The van der Waals surface area contributed by atoms with Crippen LogP contribution in [0.4, 0.5) is 4.79 Å². The molecule has 2 aromatic carbocycles. The summed E-state index contributed by atoms with van der Waals surface area (Å²) in [6.07, 6.45) is 0.245. The van der Waals surface area contributed by atoms with Gasteiger partial charge in [-0.3, -0.25) is 4.79 Å². The van der Waals surface area contributed by atoms with Gasteiger partial charge in [-0.1, -0.05) is 81.4 Å². The summed E-state index contributed by atoms with van der Waals surface area (Å²) in [5, 5.41) is 5.62. The average Bonchev–Trinajstić information content (AvgIpc) is 2.71. The summed E-state index contributed by atoms with van der Waals surface area (Å²) in [5.41, 5.74) is 2.15. The molecule has 0 bridgehead atoms. The van der Waals surface area contributed by atoms with Gasteiger partial charge in [0.25, 0.3) is 0 Å². The first kappa shape index (κ1) is 21.5. The van der Waals surface area contributed by atoms with Gasteiger partial charge in [0.1, 0.15) is 12.6 Å². The minimum absolute atomic E-state index is 0.0455. The molecule has 5 heteroatoms. The molecule has 28 heavy (non-hydrogen) atoms. The standard InChI is InChI=1S/C23H30N2O3/c1-17(2)21(25-23(27)28-16-19-10-6-4-7-11-19)22(26)24-15-14-18(3)20-12-8-5-9-13-20/h4-13,17-18,21H,14-16H2,1-3H3,(H,24,26)(H,25,27)/t18?,21-/m0/s1. The number of rotatable bonds is 9. The van der Waals surface area contributed by atoms with Gasteiger partial charge in [0.05, 0.1) is 0 Å². The third kappa shape index (κ3) is 7.06. The Morgan fingerprint density at radius 1 is 0.929 bits per heavy atom. The maximum absolute atomic E-state index is 12.5. The molecule has 1 unspecified atom stereocenters. The first-order valence-electron chi connectivity index (χ1n) is 9.77. The van der Waals surface area contributed by atoms with E-state index in [1.807, 2.05) is 62.4 Å². The SMILES string of the molecule is CC(CCNC(=O)[C@@H](NC(=O)OCc1ccccc1)C(C)C)c1ccccc1. The van der Waals surface area contributed by atoms with Crippen LogP contribution < -0.4 is 10.6 Å². The van der Waals surface area contributed by atoms with Gasteiger partial charge in [-0.25, -0.2) is 4.79 Å². The molecule has 0 heterocycles. The van der Waals surface area contributed by atoms with Gasteiger partial charge in [-0.05, 0) is 29.4 Å². The number of carbonyl (C=O) groups excluding carboxylic acids is 2. The normalized spacial score (nSPS) is 12.9. The highest BCUT2D eigenvalue weighted by Gasteiger charge is 2.24. The Morgan fingerprint density at radius 2 is 1.54 bits per heavy atom. The molecule has 0 aromatic heterocycles.